The summed E-state index contributed by atoms with van der Waals surface area (Å²) in [5, 5.41) is 19.4. The Labute approximate surface area is 81.8 Å². The third-order valence-electron chi connectivity index (χ3n) is 1.79. The van der Waals surface area contributed by atoms with Crippen molar-refractivity contribution in [2.24, 2.45) is 5.73 Å². The third kappa shape index (κ3) is 2.59. The highest BCUT2D eigenvalue weighted by molar-refractivity contribution is 6.30. The number of aliphatic hydroxyl groups excluding tert-OH is 1. The van der Waals surface area contributed by atoms with Gasteiger partial charge in [0.2, 0.25) is 0 Å². The fourth-order valence-corrected chi connectivity index (χ4v) is 1.29. The highest BCUT2D eigenvalue weighted by atomic mass is 35.5. The SMILES string of the molecule is NCCC(O)c1cc(Cl)ccc1O. The van der Waals surface area contributed by atoms with Crippen LogP contribution >= 0.6 is 11.6 Å². The Balaban J connectivity index is 2.91. The Morgan fingerprint density at radius 2 is 2.15 bits per heavy atom. The molecule has 13 heavy (non-hydrogen) atoms. The van der Waals surface area contributed by atoms with Crippen LogP contribution in [0, 0.1) is 0 Å². The molecule has 1 rings (SSSR count). The number of aromatic hydroxyl groups is 1. The molecule has 4 N–H and O–H groups in total. The molecule has 4 heteroatoms. The lowest BCUT2D eigenvalue weighted by molar-refractivity contribution is 0.166. The van der Waals surface area contributed by atoms with E-state index in [9.17, 15) is 10.2 Å². The van der Waals surface area contributed by atoms with Gasteiger partial charge in [-0.25, -0.2) is 0 Å². The van der Waals surface area contributed by atoms with Gasteiger partial charge in [-0.1, -0.05) is 11.6 Å². The van der Waals surface area contributed by atoms with E-state index < -0.39 is 6.10 Å². The minimum absolute atomic E-state index is 0.0466. The summed E-state index contributed by atoms with van der Waals surface area (Å²) >= 11 is 5.71. The van der Waals surface area contributed by atoms with Gasteiger partial charge in [0.25, 0.3) is 0 Å². The molecule has 0 amide bonds. The molecule has 0 spiro atoms. The second-order valence-electron chi connectivity index (χ2n) is 2.80. The number of benzene rings is 1. The van der Waals surface area contributed by atoms with E-state index in [2.05, 4.69) is 0 Å². The zero-order valence-corrected chi connectivity index (χ0v) is 7.83. The summed E-state index contributed by atoms with van der Waals surface area (Å²) in [5.74, 6) is 0.0466. The number of aliphatic hydroxyl groups is 1. The van der Waals surface area contributed by atoms with E-state index in [1.807, 2.05) is 0 Å². The molecule has 0 heterocycles. The number of halogens is 1. The fraction of sp³-hybridized carbons (Fsp3) is 0.333. The van der Waals surface area contributed by atoms with Crippen molar-refractivity contribution in [1.82, 2.24) is 0 Å². The molecule has 0 aliphatic rings. The summed E-state index contributed by atoms with van der Waals surface area (Å²) in [5.41, 5.74) is 5.71. The lowest BCUT2D eigenvalue weighted by Crippen LogP contribution is -2.06. The standard InChI is InChI=1S/C9H12ClNO2/c10-6-1-2-8(12)7(5-6)9(13)3-4-11/h1-2,5,9,12-13H,3-4,11H2. The van der Waals surface area contributed by atoms with E-state index in [1.165, 1.54) is 12.1 Å². The maximum absolute atomic E-state index is 9.53. The average molecular weight is 202 g/mol. The van der Waals surface area contributed by atoms with Crippen molar-refractivity contribution in [3.63, 3.8) is 0 Å². The Kier molecular flexibility index (Phi) is 3.54. The maximum Gasteiger partial charge on any atom is 0.121 e. The van der Waals surface area contributed by atoms with E-state index >= 15 is 0 Å². The van der Waals surface area contributed by atoms with Crippen LogP contribution in [0.4, 0.5) is 0 Å². The van der Waals surface area contributed by atoms with Gasteiger partial charge in [0.15, 0.2) is 0 Å². The van der Waals surface area contributed by atoms with Crippen molar-refractivity contribution in [2.45, 2.75) is 12.5 Å². The molecule has 1 aromatic rings. The van der Waals surface area contributed by atoms with Gasteiger partial charge in [0, 0.05) is 10.6 Å². The zero-order valence-electron chi connectivity index (χ0n) is 7.07. The van der Waals surface area contributed by atoms with Gasteiger partial charge in [-0.3, -0.25) is 0 Å². The smallest absolute Gasteiger partial charge is 0.121 e. The Morgan fingerprint density at radius 3 is 2.77 bits per heavy atom. The van der Waals surface area contributed by atoms with Crippen molar-refractivity contribution >= 4 is 11.6 Å². The second-order valence-corrected chi connectivity index (χ2v) is 3.23. The molecule has 0 saturated carbocycles. The van der Waals surface area contributed by atoms with Gasteiger partial charge in [0.05, 0.1) is 6.10 Å². The number of hydrogen-bond donors (Lipinski definition) is 3. The van der Waals surface area contributed by atoms with Gasteiger partial charge in [-0.15, -0.1) is 0 Å². The number of rotatable bonds is 3. The summed E-state index contributed by atoms with van der Waals surface area (Å²) in [6.07, 6.45) is -0.336. The van der Waals surface area contributed by atoms with Gasteiger partial charge in [0.1, 0.15) is 5.75 Å². The fourth-order valence-electron chi connectivity index (χ4n) is 1.11. The summed E-state index contributed by atoms with van der Waals surface area (Å²) in [6.45, 7) is 0.368. The highest BCUT2D eigenvalue weighted by Crippen LogP contribution is 2.28. The van der Waals surface area contributed by atoms with Crippen molar-refractivity contribution in [3.8, 4) is 5.75 Å². The third-order valence-corrected chi connectivity index (χ3v) is 2.02. The molecule has 1 unspecified atom stereocenters. The first-order valence-corrected chi connectivity index (χ1v) is 4.39. The Morgan fingerprint density at radius 1 is 1.46 bits per heavy atom. The largest absolute Gasteiger partial charge is 0.508 e. The Hall–Kier alpha value is -0.770. The molecule has 0 saturated heterocycles. The molecule has 1 atom stereocenters. The summed E-state index contributed by atoms with van der Waals surface area (Å²) in [6, 6.07) is 4.56. The van der Waals surface area contributed by atoms with Crippen molar-refractivity contribution < 1.29 is 10.2 Å². The first-order valence-electron chi connectivity index (χ1n) is 4.01. The van der Waals surface area contributed by atoms with E-state index in [1.54, 1.807) is 6.07 Å². The number of nitrogens with two attached hydrogens (primary N) is 1. The molecule has 0 radical (unpaired) electrons. The van der Waals surface area contributed by atoms with E-state index in [0.29, 0.717) is 23.6 Å². The van der Waals surface area contributed by atoms with Crippen LogP contribution < -0.4 is 5.73 Å². The van der Waals surface area contributed by atoms with Crippen LogP contribution in [0.5, 0.6) is 5.75 Å². The molecule has 0 aromatic heterocycles. The molecular formula is C9H12ClNO2. The van der Waals surface area contributed by atoms with E-state index in [-0.39, 0.29) is 5.75 Å². The van der Waals surface area contributed by atoms with E-state index in [4.69, 9.17) is 17.3 Å². The predicted octanol–water partition coefficient (Wildman–Crippen LogP) is 1.43. The van der Waals surface area contributed by atoms with E-state index in [0.717, 1.165) is 0 Å². The van der Waals surface area contributed by atoms with Crippen LogP contribution in [0.2, 0.25) is 5.02 Å². The Bertz CT molecular complexity index is 291. The summed E-state index contributed by atoms with van der Waals surface area (Å²) in [7, 11) is 0. The first kappa shape index (κ1) is 10.3. The van der Waals surface area contributed by atoms with Crippen molar-refractivity contribution in [1.29, 1.82) is 0 Å². The molecule has 3 nitrogen and oxygen atoms in total. The van der Waals surface area contributed by atoms with Crippen molar-refractivity contribution in [3.05, 3.63) is 28.8 Å². The van der Waals surface area contributed by atoms with Crippen LogP contribution in [0.15, 0.2) is 18.2 Å². The van der Waals surface area contributed by atoms with Gasteiger partial charge in [-0.2, -0.15) is 0 Å². The molecule has 0 bridgehead atoms. The molecule has 0 fully saturated rings. The molecular weight excluding hydrogens is 190 g/mol. The summed E-state index contributed by atoms with van der Waals surface area (Å²) in [4.78, 5) is 0. The normalized spacial score (nSPS) is 12.8. The zero-order chi connectivity index (χ0) is 9.84. The quantitative estimate of drug-likeness (QED) is 0.693. The van der Waals surface area contributed by atoms with Crippen LogP contribution in [-0.2, 0) is 0 Å². The minimum Gasteiger partial charge on any atom is -0.508 e. The first-order chi connectivity index (χ1) is 6.15. The molecule has 0 aliphatic carbocycles. The molecule has 72 valence electrons. The second kappa shape index (κ2) is 4.46. The molecule has 0 aliphatic heterocycles. The predicted molar refractivity (Wildman–Crippen MR) is 51.7 cm³/mol. The topological polar surface area (TPSA) is 66.5 Å². The van der Waals surface area contributed by atoms with Crippen LogP contribution in [0.1, 0.15) is 18.1 Å². The lowest BCUT2D eigenvalue weighted by Gasteiger charge is -2.11. The van der Waals surface area contributed by atoms with Gasteiger partial charge < -0.3 is 15.9 Å². The minimum atomic E-state index is -0.747. The summed E-state index contributed by atoms with van der Waals surface area (Å²) < 4.78 is 0. The van der Waals surface area contributed by atoms with Gasteiger partial charge >= 0.3 is 0 Å². The lowest BCUT2D eigenvalue weighted by atomic mass is 10.1. The van der Waals surface area contributed by atoms with Crippen LogP contribution in [-0.4, -0.2) is 16.8 Å². The average Bonchev–Trinajstić information content (AvgIpc) is 2.09. The number of phenols is 1. The number of phenolic OH excluding ortho intramolecular Hbond substituents is 1. The van der Waals surface area contributed by atoms with Crippen LogP contribution in [0.3, 0.4) is 0 Å². The highest BCUT2D eigenvalue weighted by Gasteiger charge is 2.11. The monoisotopic (exact) mass is 201 g/mol. The number of hydrogen-bond acceptors (Lipinski definition) is 3. The van der Waals surface area contributed by atoms with Crippen molar-refractivity contribution in [2.75, 3.05) is 6.54 Å². The van der Waals surface area contributed by atoms with Gasteiger partial charge in [-0.05, 0) is 31.2 Å². The maximum atomic E-state index is 9.53. The molecule has 1 aromatic carbocycles. The van der Waals surface area contributed by atoms with Crippen LogP contribution in [0.25, 0.3) is 0 Å².